The molecule has 0 fully saturated rings. The summed E-state index contributed by atoms with van der Waals surface area (Å²) in [5, 5.41) is 10.00. The molecule has 0 aliphatic heterocycles. The Labute approximate surface area is 168 Å². The molecule has 0 saturated carbocycles. The van der Waals surface area contributed by atoms with Crippen LogP contribution in [0.15, 0.2) is 54.6 Å². The molecule has 29 heavy (non-hydrogen) atoms. The predicted molar refractivity (Wildman–Crippen MR) is 109 cm³/mol. The van der Waals surface area contributed by atoms with Crippen LogP contribution in [0.3, 0.4) is 0 Å². The van der Waals surface area contributed by atoms with Crippen molar-refractivity contribution in [1.82, 2.24) is 15.1 Å². The Balaban J connectivity index is 1.37. The molecule has 1 heterocycles. The normalized spacial score (nSPS) is 11.0. The van der Waals surface area contributed by atoms with E-state index in [9.17, 15) is 13.6 Å². The number of H-pyrrole nitrogens is 1. The van der Waals surface area contributed by atoms with E-state index in [0.29, 0.717) is 18.7 Å². The number of hydrogen-bond donors (Lipinski definition) is 2. The third-order valence-corrected chi connectivity index (χ3v) is 4.59. The van der Waals surface area contributed by atoms with E-state index in [0.717, 1.165) is 36.3 Å². The van der Waals surface area contributed by atoms with E-state index in [-0.39, 0.29) is 17.5 Å². The van der Waals surface area contributed by atoms with Crippen molar-refractivity contribution in [2.24, 2.45) is 0 Å². The van der Waals surface area contributed by atoms with Crippen LogP contribution in [-0.2, 0) is 11.2 Å². The molecule has 7 heteroatoms. The summed E-state index contributed by atoms with van der Waals surface area (Å²) in [6.45, 7) is 1.45. The molecule has 1 amide bonds. The molecule has 0 aliphatic rings. The van der Waals surface area contributed by atoms with Crippen LogP contribution in [0.5, 0.6) is 0 Å². The van der Waals surface area contributed by atoms with E-state index in [1.54, 1.807) is 24.3 Å². The first-order valence-corrected chi connectivity index (χ1v) is 9.54. The van der Waals surface area contributed by atoms with Crippen molar-refractivity contribution in [2.75, 3.05) is 25.5 Å². The van der Waals surface area contributed by atoms with Gasteiger partial charge in [-0.25, -0.2) is 8.78 Å². The van der Waals surface area contributed by atoms with Gasteiger partial charge < -0.3 is 10.2 Å². The molecule has 3 aromatic rings. The van der Waals surface area contributed by atoms with Gasteiger partial charge in [0.25, 0.3) is 0 Å². The first kappa shape index (κ1) is 20.7. The minimum Gasteiger partial charge on any atom is -0.326 e. The van der Waals surface area contributed by atoms with Crippen molar-refractivity contribution in [3.05, 3.63) is 71.9 Å². The van der Waals surface area contributed by atoms with Crippen LogP contribution in [0.1, 0.15) is 18.5 Å². The van der Waals surface area contributed by atoms with E-state index < -0.39 is 0 Å². The summed E-state index contributed by atoms with van der Waals surface area (Å²) in [7, 11) is 1.96. The predicted octanol–water partition coefficient (Wildman–Crippen LogP) is 4.25. The van der Waals surface area contributed by atoms with Gasteiger partial charge in [-0.05, 0) is 75.0 Å². The van der Waals surface area contributed by atoms with Crippen LogP contribution in [0.4, 0.5) is 14.5 Å². The lowest BCUT2D eigenvalue weighted by Gasteiger charge is -2.16. The average Bonchev–Trinajstić information content (AvgIpc) is 3.16. The maximum Gasteiger partial charge on any atom is 0.225 e. The molecule has 1 aromatic heterocycles. The molecule has 152 valence electrons. The number of aromatic amines is 1. The summed E-state index contributed by atoms with van der Waals surface area (Å²) < 4.78 is 26.2. The van der Waals surface area contributed by atoms with Gasteiger partial charge in [-0.3, -0.25) is 9.89 Å². The number of halogens is 2. The zero-order chi connectivity index (χ0) is 20.6. The Morgan fingerprint density at radius 3 is 2.62 bits per heavy atom. The number of rotatable bonds is 9. The van der Waals surface area contributed by atoms with Crippen molar-refractivity contribution in [3.63, 3.8) is 0 Å². The second-order valence-corrected chi connectivity index (χ2v) is 7.00. The third kappa shape index (κ3) is 6.50. The van der Waals surface area contributed by atoms with Crippen LogP contribution in [0.25, 0.3) is 11.3 Å². The number of aromatic nitrogens is 2. The maximum absolute atomic E-state index is 13.1. The van der Waals surface area contributed by atoms with Gasteiger partial charge in [0, 0.05) is 29.9 Å². The number of amides is 1. The van der Waals surface area contributed by atoms with Gasteiger partial charge in [0.05, 0.1) is 5.69 Å². The molecule has 5 nitrogen and oxygen atoms in total. The highest BCUT2D eigenvalue weighted by atomic mass is 19.1. The number of hydrogen-bond acceptors (Lipinski definition) is 3. The highest BCUT2D eigenvalue weighted by molar-refractivity contribution is 5.90. The summed E-state index contributed by atoms with van der Waals surface area (Å²) in [6.07, 6.45) is 2.08. The number of anilines is 1. The molecule has 0 bridgehead atoms. The fourth-order valence-corrected chi connectivity index (χ4v) is 2.99. The number of aryl methyl sites for hydroxylation is 1. The summed E-state index contributed by atoms with van der Waals surface area (Å²) in [4.78, 5) is 14.1. The Morgan fingerprint density at radius 2 is 1.86 bits per heavy atom. The molecule has 2 aromatic carbocycles. The van der Waals surface area contributed by atoms with Gasteiger partial charge in [-0.1, -0.05) is 6.07 Å². The largest absolute Gasteiger partial charge is 0.326 e. The zero-order valence-electron chi connectivity index (χ0n) is 16.3. The van der Waals surface area contributed by atoms with E-state index >= 15 is 0 Å². The molecular weight excluding hydrogens is 374 g/mol. The average molecular weight is 398 g/mol. The Kier molecular flexibility index (Phi) is 7.08. The Morgan fingerprint density at radius 1 is 1.07 bits per heavy atom. The quantitative estimate of drug-likeness (QED) is 0.567. The third-order valence-electron chi connectivity index (χ3n) is 4.59. The maximum atomic E-state index is 13.1. The van der Waals surface area contributed by atoms with E-state index in [4.69, 9.17) is 0 Å². The second-order valence-electron chi connectivity index (χ2n) is 7.00. The van der Waals surface area contributed by atoms with Gasteiger partial charge in [-0.15, -0.1) is 0 Å². The summed E-state index contributed by atoms with van der Waals surface area (Å²) in [5.74, 6) is -0.779. The number of nitrogens with one attached hydrogen (secondary N) is 2. The molecule has 3 rings (SSSR count). The lowest BCUT2D eigenvalue weighted by Crippen LogP contribution is -2.25. The van der Waals surface area contributed by atoms with Crippen LogP contribution < -0.4 is 5.32 Å². The summed E-state index contributed by atoms with van der Waals surface area (Å²) in [5.41, 5.74) is 3.15. The van der Waals surface area contributed by atoms with Gasteiger partial charge in [0.2, 0.25) is 5.91 Å². The Hall–Kier alpha value is -3.06. The van der Waals surface area contributed by atoms with Gasteiger partial charge in [0.15, 0.2) is 0 Å². The van der Waals surface area contributed by atoms with Crippen molar-refractivity contribution >= 4 is 11.6 Å². The van der Waals surface area contributed by atoms with E-state index in [1.165, 1.54) is 24.3 Å². The monoisotopic (exact) mass is 398 g/mol. The number of carbonyl (C=O) groups is 1. The van der Waals surface area contributed by atoms with Gasteiger partial charge in [0.1, 0.15) is 11.6 Å². The van der Waals surface area contributed by atoms with Gasteiger partial charge >= 0.3 is 0 Å². The smallest absolute Gasteiger partial charge is 0.225 e. The van der Waals surface area contributed by atoms with Crippen LogP contribution in [0, 0.1) is 11.6 Å². The number of benzene rings is 2. The highest BCUT2D eigenvalue weighted by Crippen LogP contribution is 2.18. The fraction of sp³-hybridized carbons (Fsp3) is 0.273. The first-order valence-electron chi connectivity index (χ1n) is 9.54. The summed E-state index contributed by atoms with van der Waals surface area (Å²) >= 11 is 0. The molecule has 2 N–H and O–H groups in total. The molecule has 0 radical (unpaired) electrons. The SMILES string of the molecule is CN(CCCc1cc(-c2ccc(F)cc2)n[nH]1)CCC(=O)Nc1cccc(F)c1. The van der Waals surface area contributed by atoms with E-state index in [2.05, 4.69) is 20.4 Å². The topological polar surface area (TPSA) is 61.0 Å². The standard InChI is InChI=1S/C22H24F2N4O/c1-28(13-11-22(29)25-19-5-2-4-18(24)14-19)12-3-6-20-15-21(27-26-20)16-7-9-17(23)10-8-16/h2,4-5,7-10,14-15H,3,6,11-13H2,1H3,(H,25,29)(H,26,27). The molecule has 0 spiro atoms. The van der Waals surface area contributed by atoms with Crippen LogP contribution in [0.2, 0.25) is 0 Å². The molecule has 0 aliphatic carbocycles. The number of carbonyl (C=O) groups excluding carboxylic acids is 1. The van der Waals surface area contributed by atoms with E-state index in [1.807, 2.05) is 13.1 Å². The molecular formula is C22H24F2N4O. The lowest BCUT2D eigenvalue weighted by atomic mass is 10.1. The lowest BCUT2D eigenvalue weighted by molar-refractivity contribution is -0.116. The van der Waals surface area contributed by atoms with Crippen LogP contribution >= 0.6 is 0 Å². The van der Waals surface area contributed by atoms with Crippen molar-refractivity contribution in [3.8, 4) is 11.3 Å². The zero-order valence-corrected chi connectivity index (χ0v) is 16.3. The van der Waals surface area contributed by atoms with Crippen LogP contribution in [-0.4, -0.2) is 41.1 Å². The fourth-order valence-electron chi connectivity index (χ4n) is 2.99. The summed E-state index contributed by atoms with van der Waals surface area (Å²) in [6, 6.07) is 14.1. The molecule has 0 saturated heterocycles. The minimum absolute atomic E-state index is 0.139. The first-order chi connectivity index (χ1) is 14.0. The second kappa shape index (κ2) is 9.93. The Bertz CT molecular complexity index is 940. The van der Waals surface area contributed by atoms with Crippen molar-refractivity contribution in [1.29, 1.82) is 0 Å². The van der Waals surface area contributed by atoms with Crippen molar-refractivity contribution < 1.29 is 13.6 Å². The molecule has 0 atom stereocenters. The minimum atomic E-state index is -0.374. The highest BCUT2D eigenvalue weighted by Gasteiger charge is 2.08. The molecule has 0 unspecified atom stereocenters. The number of nitrogens with zero attached hydrogens (tertiary/aromatic N) is 2. The van der Waals surface area contributed by atoms with Crippen molar-refractivity contribution in [2.45, 2.75) is 19.3 Å². The van der Waals surface area contributed by atoms with Gasteiger partial charge in [-0.2, -0.15) is 5.10 Å².